The molecule has 0 saturated heterocycles. The lowest BCUT2D eigenvalue weighted by molar-refractivity contribution is -0.185. The average molecular weight is 612 g/mol. The van der Waals surface area contributed by atoms with E-state index in [0.29, 0.717) is 28.1 Å². The number of hydrogen-bond donors (Lipinski definition) is 2. The van der Waals surface area contributed by atoms with E-state index in [-0.39, 0.29) is 18.1 Å². The minimum Gasteiger partial charge on any atom is -0.493 e. The summed E-state index contributed by atoms with van der Waals surface area (Å²) in [5, 5.41) is 0. The summed E-state index contributed by atoms with van der Waals surface area (Å²) in [5.41, 5.74) is 15.8. The van der Waals surface area contributed by atoms with Crippen LogP contribution < -0.4 is 20.9 Å². The molecule has 1 radical (unpaired) electrons. The molecule has 0 saturated carbocycles. The van der Waals surface area contributed by atoms with Crippen molar-refractivity contribution in [3.8, 4) is 22.6 Å². The molecule has 0 aromatic heterocycles. The molecule has 0 heterocycles. The van der Waals surface area contributed by atoms with Gasteiger partial charge in [0.15, 0.2) is 0 Å². The van der Waals surface area contributed by atoms with E-state index in [2.05, 4.69) is 6.92 Å². The molecule has 44 heavy (non-hydrogen) atoms. The maximum atomic E-state index is 14.7. The van der Waals surface area contributed by atoms with E-state index in [1.165, 1.54) is 48.6 Å². The van der Waals surface area contributed by atoms with E-state index in [1.54, 1.807) is 24.3 Å². The molecular weight excluding hydrogens is 583 g/mol. The van der Waals surface area contributed by atoms with E-state index < -0.39 is 36.8 Å². The van der Waals surface area contributed by atoms with Crippen molar-refractivity contribution in [3.05, 3.63) is 120 Å². The van der Waals surface area contributed by atoms with E-state index in [9.17, 15) is 26.7 Å². The van der Waals surface area contributed by atoms with Gasteiger partial charge in [-0.1, -0.05) is 24.3 Å². The predicted molar refractivity (Wildman–Crippen MR) is 158 cm³/mol. The molecule has 0 bridgehead atoms. The number of hydrogen-bond acceptors (Lipinski definition) is 6. The maximum absolute atomic E-state index is 14.7. The zero-order valence-electron chi connectivity index (χ0n) is 23.2. The van der Waals surface area contributed by atoms with Crippen molar-refractivity contribution in [1.82, 2.24) is 0 Å². The quantitative estimate of drug-likeness (QED) is 0.0774. The number of carbonyl (C=O) groups is 1. The molecule has 0 unspecified atom stereocenters. The normalized spacial score (nSPS) is 11.9. The molecule has 0 aliphatic rings. The molecule has 4 rings (SSSR count). The summed E-state index contributed by atoms with van der Waals surface area (Å²) in [4.78, 5) is 12.4. The van der Waals surface area contributed by atoms with Crippen LogP contribution in [0.25, 0.3) is 17.2 Å². The molecule has 0 amide bonds. The Balaban J connectivity index is 1.33. The highest BCUT2D eigenvalue weighted by Crippen LogP contribution is 2.33. The minimum atomic E-state index is -4.36. The topological polar surface area (TPSA) is 96.8 Å². The highest BCUT2D eigenvalue weighted by Gasteiger charge is 2.34. The number of halogens is 5. The van der Waals surface area contributed by atoms with Crippen LogP contribution in [0, 0.1) is 6.92 Å². The second kappa shape index (κ2) is 13.5. The summed E-state index contributed by atoms with van der Waals surface area (Å²) in [7, 11) is 0. The fourth-order valence-corrected chi connectivity index (χ4v) is 4.12. The zero-order valence-corrected chi connectivity index (χ0v) is 23.2. The van der Waals surface area contributed by atoms with Crippen molar-refractivity contribution in [1.29, 1.82) is 0 Å². The number of ether oxygens (including phenoxy) is 3. The molecule has 4 N–H and O–H groups in total. The fourth-order valence-electron chi connectivity index (χ4n) is 4.12. The van der Waals surface area contributed by atoms with Crippen LogP contribution in [0.15, 0.2) is 91.0 Å². The Bertz CT molecular complexity index is 1620. The molecular formula is C33H28F5N2O4. The molecule has 0 aliphatic carbocycles. The van der Waals surface area contributed by atoms with Gasteiger partial charge >= 0.3 is 18.3 Å². The Morgan fingerprint density at radius 2 is 1.41 bits per heavy atom. The lowest BCUT2D eigenvalue weighted by atomic mass is 9.95. The van der Waals surface area contributed by atoms with Gasteiger partial charge in [-0.15, -0.1) is 0 Å². The standard InChI is InChI=1S/C33H28F5N2O4/c1-21-18-25(39)7-13-29(21)30-14-8-26(40)19-23(30)20-43-31(41)15-4-22-2-5-24(6-3-22)33(37,38)44-28-11-9-27(10-12-28)42-17-16-32(34,35)36/h2-15,18-19H,1,16-17,20,39-40H2/b15-4+. The third-order valence-corrected chi connectivity index (χ3v) is 6.30. The summed E-state index contributed by atoms with van der Waals surface area (Å²) in [6.45, 7) is 3.35. The lowest BCUT2D eigenvalue weighted by Gasteiger charge is -2.18. The van der Waals surface area contributed by atoms with Gasteiger partial charge in [0.05, 0.1) is 18.6 Å². The van der Waals surface area contributed by atoms with Crippen molar-refractivity contribution in [2.24, 2.45) is 0 Å². The van der Waals surface area contributed by atoms with Gasteiger partial charge in [-0.2, -0.15) is 22.0 Å². The third kappa shape index (κ3) is 8.97. The van der Waals surface area contributed by atoms with Gasteiger partial charge in [0.25, 0.3) is 0 Å². The molecule has 0 fully saturated rings. The van der Waals surface area contributed by atoms with Gasteiger partial charge in [0.1, 0.15) is 18.1 Å². The maximum Gasteiger partial charge on any atom is 0.426 e. The summed E-state index contributed by atoms with van der Waals surface area (Å²) < 4.78 is 81.3. The van der Waals surface area contributed by atoms with Crippen molar-refractivity contribution in [2.45, 2.75) is 25.3 Å². The molecule has 229 valence electrons. The van der Waals surface area contributed by atoms with Crippen LogP contribution >= 0.6 is 0 Å². The SMILES string of the molecule is [CH2]c1cc(N)ccc1-c1ccc(N)cc1COC(=O)/C=C/c1ccc(C(F)(F)Oc2ccc(OCCC(F)(F)F)cc2)cc1. The molecule has 4 aromatic carbocycles. The number of esters is 1. The highest BCUT2D eigenvalue weighted by molar-refractivity contribution is 5.87. The molecule has 11 heteroatoms. The first-order valence-electron chi connectivity index (χ1n) is 13.2. The Labute approximate surface area is 250 Å². The molecule has 0 spiro atoms. The van der Waals surface area contributed by atoms with E-state index in [1.807, 2.05) is 12.1 Å². The monoisotopic (exact) mass is 611 g/mol. The van der Waals surface area contributed by atoms with Crippen LogP contribution in [-0.2, 0) is 22.2 Å². The van der Waals surface area contributed by atoms with Crippen LogP contribution in [0.3, 0.4) is 0 Å². The van der Waals surface area contributed by atoms with Crippen molar-refractivity contribution < 1.29 is 41.0 Å². The third-order valence-electron chi connectivity index (χ3n) is 6.30. The number of benzene rings is 4. The van der Waals surface area contributed by atoms with Gasteiger partial charge < -0.3 is 25.7 Å². The molecule has 0 aliphatic heterocycles. The van der Waals surface area contributed by atoms with Gasteiger partial charge in [0, 0.05) is 17.5 Å². The lowest BCUT2D eigenvalue weighted by Crippen LogP contribution is -2.21. The summed E-state index contributed by atoms with van der Waals surface area (Å²) in [5.74, 6) is -0.785. The highest BCUT2D eigenvalue weighted by atomic mass is 19.4. The number of carbonyl (C=O) groups excluding carboxylic acids is 1. The van der Waals surface area contributed by atoms with Gasteiger partial charge in [-0.05, 0) is 101 Å². The first-order chi connectivity index (χ1) is 20.8. The van der Waals surface area contributed by atoms with E-state index >= 15 is 0 Å². The Kier molecular flexibility index (Phi) is 9.77. The second-order valence-corrected chi connectivity index (χ2v) is 9.70. The van der Waals surface area contributed by atoms with Crippen LogP contribution in [0.4, 0.5) is 33.3 Å². The first kappa shape index (κ1) is 31.9. The van der Waals surface area contributed by atoms with Crippen LogP contribution in [-0.4, -0.2) is 18.8 Å². The van der Waals surface area contributed by atoms with Crippen molar-refractivity contribution in [3.63, 3.8) is 0 Å². The van der Waals surface area contributed by atoms with Crippen molar-refractivity contribution in [2.75, 3.05) is 18.1 Å². The van der Waals surface area contributed by atoms with E-state index in [4.69, 9.17) is 25.7 Å². The van der Waals surface area contributed by atoms with Gasteiger partial charge in [0.2, 0.25) is 0 Å². The van der Waals surface area contributed by atoms with Gasteiger partial charge in [-0.25, -0.2) is 4.79 Å². The summed E-state index contributed by atoms with van der Waals surface area (Å²) in [6.07, 6.45) is -6.63. The Morgan fingerprint density at radius 3 is 2.05 bits per heavy atom. The zero-order chi connectivity index (χ0) is 31.9. The number of rotatable bonds is 11. The fraction of sp³-hybridized carbons (Fsp3) is 0.152. The van der Waals surface area contributed by atoms with Crippen molar-refractivity contribution >= 4 is 23.4 Å². The first-order valence-corrected chi connectivity index (χ1v) is 13.2. The van der Waals surface area contributed by atoms with Gasteiger partial charge in [-0.3, -0.25) is 0 Å². The smallest absolute Gasteiger partial charge is 0.426 e. The largest absolute Gasteiger partial charge is 0.493 e. The van der Waals surface area contributed by atoms with Crippen LogP contribution in [0.2, 0.25) is 0 Å². The minimum absolute atomic E-state index is 0.0729. The summed E-state index contributed by atoms with van der Waals surface area (Å²) in [6, 6.07) is 20.4. The Morgan fingerprint density at radius 1 is 0.795 bits per heavy atom. The number of alkyl halides is 5. The molecule has 6 nitrogen and oxygen atoms in total. The molecule has 0 atom stereocenters. The number of nitrogen functional groups attached to an aromatic ring is 2. The molecule has 4 aromatic rings. The van der Waals surface area contributed by atoms with E-state index in [0.717, 1.165) is 23.3 Å². The summed E-state index contributed by atoms with van der Waals surface area (Å²) >= 11 is 0. The van der Waals surface area contributed by atoms with Crippen LogP contribution in [0.1, 0.15) is 28.7 Å². The predicted octanol–water partition coefficient (Wildman–Crippen LogP) is 7.92. The average Bonchev–Trinajstić information content (AvgIpc) is 2.96. The van der Waals surface area contributed by atoms with Crippen LogP contribution in [0.5, 0.6) is 11.5 Å². The Hall–Kier alpha value is -5.06. The number of anilines is 2. The second-order valence-electron chi connectivity index (χ2n) is 9.70. The number of nitrogens with two attached hydrogens (primary N) is 2.